The molecule has 5 rings (SSSR count). The molecule has 0 unspecified atom stereocenters. The first-order valence-electron chi connectivity index (χ1n) is 9.36. The molecule has 0 radical (unpaired) electrons. The van der Waals surface area contributed by atoms with Crippen molar-refractivity contribution in [3.05, 3.63) is 113 Å². The highest BCUT2D eigenvalue weighted by Gasteiger charge is 2.16. The van der Waals surface area contributed by atoms with Crippen LogP contribution in [0.5, 0.6) is 0 Å². The van der Waals surface area contributed by atoms with E-state index in [9.17, 15) is 4.79 Å². The minimum atomic E-state index is 0.00580. The van der Waals surface area contributed by atoms with Crippen LogP contribution in [0.25, 0.3) is 23.2 Å². The van der Waals surface area contributed by atoms with Crippen LogP contribution in [0.2, 0.25) is 0 Å². The molecular weight excluding hydrogens is 358 g/mol. The SMILES string of the molecule is O=C(c1ccccc1)c1ccc2c(c1)NC(c1ccccc1-c1ncc[nH]1)=C=C2. The summed E-state index contributed by atoms with van der Waals surface area (Å²) in [6, 6.07) is 23.1. The Bertz CT molecular complexity index is 1260. The number of carbonyl (C=O) groups is 1. The van der Waals surface area contributed by atoms with Crippen LogP contribution in [0.3, 0.4) is 0 Å². The number of fused-ring (bicyclic) bond motifs is 1. The minimum absolute atomic E-state index is 0.00580. The third-order valence-corrected chi connectivity index (χ3v) is 4.93. The molecule has 1 aromatic heterocycles. The van der Waals surface area contributed by atoms with E-state index in [1.807, 2.05) is 78.9 Å². The summed E-state index contributed by atoms with van der Waals surface area (Å²) in [5, 5.41) is 3.44. The van der Waals surface area contributed by atoms with Gasteiger partial charge in [-0.1, -0.05) is 72.5 Å². The van der Waals surface area contributed by atoms with E-state index in [2.05, 4.69) is 21.0 Å². The summed E-state index contributed by atoms with van der Waals surface area (Å²) in [6.07, 6.45) is 5.49. The van der Waals surface area contributed by atoms with E-state index in [1.165, 1.54) is 0 Å². The van der Waals surface area contributed by atoms with Crippen molar-refractivity contribution in [3.63, 3.8) is 0 Å². The van der Waals surface area contributed by atoms with Crippen LogP contribution in [0.15, 0.2) is 90.9 Å². The predicted octanol–water partition coefficient (Wildman–Crippen LogP) is 5.39. The average molecular weight is 375 g/mol. The monoisotopic (exact) mass is 375 g/mol. The van der Waals surface area contributed by atoms with Gasteiger partial charge in [0.2, 0.25) is 0 Å². The number of hydrogen-bond acceptors (Lipinski definition) is 3. The highest BCUT2D eigenvalue weighted by molar-refractivity contribution is 6.10. The number of aromatic nitrogens is 2. The highest BCUT2D eigenvalue weighted by atomic mass is 16.1. The lowest BCUT2D eigenvalue weighted by molar-refractivity contribution is 0.103. The van der Waals surface area contributed by atoms with Gasteiger partial charge in [0.05, 0.1) is 5.70 Å². The molecule has 0 atom stereocenters. The smallest absolute Gasteiger partial charge is 0.193 e. The Kier molecular flexibility index (Phi) is 4.17. The Labute approximate surface area is 168 Å². The van der Waals surface area contributed by atoms with Crippen molar-refractivity contribution in [2.24, 2.45) is 0 Å². The lowest BCUT2D eigenvalue weighted by atomic mass is 9.98. The van der Waals surface area contributed by atoms with Crippen molar-refractivity contribution in [1.82, 2.24) is 9.97 Å². The molecule has 4 nitrogen and oxygen atoms in total. The van der Waals surface area contributed by atoms with Crippen molar-refractivity contribution in [2.45, 2.75) is 0 Å². The second kappa shape index (κ2) is 7.12. The molecule has 0 amide bonds. The average Bonchev–Trinajstić information content (AvgIpc) is 3.33. The van der Waals surface area contributed by atoms with Gasteiger partial charge in [-0.2, -0.15) is 0 Å². The molecule has 0 saturated heterocycles. The number of benzene rings is 3. The molecule has 29 heavy (non-hydrogen) atoms. The zero-order valence-corrected chi connectivity index (χ0v) is 15.5. The molecule has 1 aliphatic rings. The van der Waals surface area contributed by atoms with Crippen molar-refractivity contribution >= 4 is 23.2 Å². The third kappa shape index (κ3) is 3.18. The summed E-state index contributed by atoms with van der Waals surface area (Å²) >= 11 is 0. The molecule has 4 aromatic rings. The van der Waals surface area contributed by atoms with Gasteiger partial charge in [0.15, 0.2) is 5.78 Å². The van der Waals surface area contributed by atoms with Crippen molar-refractivity contribution in [2.75, 3.05) is 5.32 Å². The van der Waals surface area contributed by atoms with Gasteiger partial charge in [-0.05, 0) is 12.1 Å². The van der Waals surface area contributed by atoms with Gasteiger partial charge < -0.3 is 10.3 Å². The Balaban J connectivity index is 1.51. The summed E-state index contributed by atoms with van der Waals surface area (Å²) in [7, 11) is 0. The minimum Gasteiger partial charge on any atom is -0.348 e. The first-order chi connectivity index (χ1) is 14.3. The van der Waals surface area contributed by atoms with Crippen molar-refractivity contribution in [3.8, 4) is 11.4 Å². The number of rotatable bonds is 4. The normalized spacial score (nSPS) is 12.1. The zero-order valence-electron chi connectivity index (χ0n) is 15.5. The van der Waals surface area contributed by atoms with Crippen LogP contribution in [-0.4, -0.2) is 15.8 Å². The van der Waals surface area contributed by atoms with Crippen molar-refractivity contribution in [1.29, 1.82) is 0 Å². The first kappa shape index (κ1) is 17.0. The second-order valence-electron chi connectivity index (χ2n) is 6.77. The molecular formula is C25H17N3O. The lowest BCUT2D eigenvalue weighted by Crippen LogP contribution is -2.07. The zero-order chi connectivity index (χ0) is 19.6. The topological polar surface area (TPSA) is 57.8 Å². The quantitative estimate of drug-likeness (QED) is 0.372. The number of ketones is 1. The van der Waals surface area contributed by atoms with Gasteiger partial charge in [-0.25, -0.2) is 4.98 Å². The number of carbonyl (C=O) groups excluding carboxylic acids is 1. The molecule has 0 saturated carbocycles. The van der Waals surface area contributed by atoms with Gasteiger partial charge in [-0.3, -0.25) is 4.79 Å². The maximum atomic E-state index is 12.8. The number of imidazole rings is 1. The number of nitrogens with one attached hydrogen (secondary N) is 2. The van der Waals surface area contributed by atoms with Gasteiger partial charge in [0.1, 0.15) is 5.82 Å². The Morgan fingerprint density at radius 1 is 0.862 bits per heavy atom. The summed E-state index contributed by atoms with van der Waals surface area (Å²) < 4.78 is 0. The van der Waals surface area contributed by atoms with Gasteiger partial charge in [-0.15, -0.1) is 0 Å². The third-order valence-electron chi connectivity index (χ3n) is 4.93. The van der Waals surface area contributed by atoms with Gasteiger partial charge in [0.25, 0.3) is 0 Å². The molecule has 4 heteroatoms. The molecule has 3 aromatic carbocycles. The van der Waals surface area contributed by atoms with E-state index in [0.29, 0.717) is 11.1 Å². The fraction of sp³-hybridized carbons (Fsp3) is 0. The van der Waals surface area contributed by atoms with Crippen LogP contribution in [0.1, 0.15) is 27.0 Å². The van der Waals surface area contributed by atoms with E-state index in [-0.39, 0.29) is 5.78 Å². The number of H-pyrrole nitrogens is 1. The number of hydrogen-bond donors (Lipinski definition) is 2. The number of aromatic amines is 1. The Hall–Kier alpha value is -4.14. The molecule has 1 aliphatic heterocycles. The molecule has 0 aliphatic carbocycles. The molecule has 0 bridgehead atoms. The lowest BCUT2D eigenvalue weighted by Gasteiger charge is -2.18. The maximum absolute atomic E-state index is 12.8. The maximum Gasteiger partial charge on any atom is 0.193 e. The Morgan fingerprint density at radius 3 is 2.45 bits per heavy atom. The van der Waals surface area contributed by atoms with Crippen LogP contribution >= 0.6 is 0 Å². The largest absolute Gasteiger partial charge is 0.348 e. The number of anilines is 1. The van der Waals surface area contributed by atoms with Gasteiger partial charge >= 0.3 is 0 Å². The summed E-state index contributed by atoms with van der Waals surface area (Å²) in [6.45, 7) is 0. The summed E-state index contributed by atoms with van der Waals surface area (Å²) in [5.41, 5.74) is 9.35. The fourth-order valence-electron chi connectivity index (χ4n) is 3.47. The molecule has 2 N–H and O–H groups in total. The van der Waals surface area contributed by atoms with E-state index in [0.717, 1.165) is 33.9 Å². The van der Waals surface area contributed by atoms with Crippen LogP contribution in [-0.2, 0) is 0 Å². The molecule has 2 heterocycles. The van der Waals surface area contributed by atoms with Gasteiger partial charge in [0, 0.05) is 45.9 Å². The molecule has 0 fully saturated rings. The summed E-state index contributed by atoms with van der Waals surface area (Å²) in [4.78, 5) is 20.4. The van der Waals surface area contributed by atoms with Crippen LogP contribution in [0, 0.1) is 0 Å². The van der Waals surface area contributed by atoms with E-state index in [4.69, 9.17) is 0 Å². The summed E-state index contributed by atoms with van der Waals surface area (Å²) in [5.74, 6) is 0.807. The molecule has 0 spiro atoms. The van der Waals surface area contributed by atoms with Crippen LogP contribution in [0.4, 0.5) is 5.69 Å². The second-order valence-corrected chi connectivity index (χ2v) is 6.77. The number of nitrogens with zero attached hydrogens (tertiary/aromatic N) is 1. The first-order valence-corrected chi connectivity index (χ1v) is 9.36. The Morgan fingerprint density at radius 2 is 1.66 bits per heavy atom. The van der Waals surface area contributed by atoms with E-state index in [1.54, 1.807) is 12.4 Å². The standard InChI is InChI=1S/C25H17N3O/c29-24(18-6-2-1-3-7-18)19-11-10-17-12-13-22(28-23(17)16-19)20-8-4-5-9-21(20)25-26-14-15-27-25/h1-12,14-16,28H,(H,26,27). The highest BCUT2D eigenvalue weighted by Crippen LogP contribution is 2.32. The van der Waals surface area contributed by atoms with E-state index >= 15 is 0 Å². The van der Waals surface area contributed by atoms with E-state index < -0.39 is 0 Å². The van der Waals surface area contributed by atoms with Crippen molar-refractivity contribution < 1.29 is 4.79 Å². The van der Waals surface area contributed by atoms with Crippen LogP contribution < -0.4 is 5.32 Å². The molecule has 138 valence electrons. The predicted molar refractivity (Wildman–Crippen MR) is 115 cm³/mol. The fourth-order valence-corrected chi connectivity index (χ4v) is 3.47.